The molecule has 2 nitrogen and oxygen atoms in total. The van der Waals surface area contributed by atoms with Crippen molar-refractivity contribution in [3.05, 3.63) is 12.7 Å². The van der Waals surface area contributed by atoms with Crippen molar-refractivity contribution < 1.29 is 4.74 Å². The van der Waals surface area contributed by atoms with Crippen molar-refractivity contribution in [1.82, 2.24) is 5.32 Å². The Morgan fingerprint density at radius 2 is 1.81 bits per heavy atom. The summed E-state index contributed by atoms with van der Waals surface area (Å²) in [6.45, 7) is 18.6. The summed E-state index contributed by atoms with van der Waals surface area (Å²) in [4.78, 5) is 0. The molecule has 2 heteroatoms. The average molecular weight is 227 g/mol. The van der Waals surface area contributed by atoms with Crippen molar-refractivity contribution in [2.45, 2.75) is 59.6 Å². The van der Waals surface area contributed by atoms with Crippen LogP contribution in [0.15, 0.2) is 12.7 Å². The molecule has 0 fully saturated rings. The highest BCUT2D eigenvalue weighted by molar-refractivity contribution is 4.94. The summed E-state index contributed by atoms with van der Waals surface area (Å²) in [5.41, 5.74) is 0.269. The molecule has 1 unspecified atom stereocenters. The summed E-state index contributed by atoms with van der Waals surface area (Å²) in [6, 6.07) is 0. The minimum absolute atomic E-state index is 0.113. The molecule has 0 bridgehead atoms. The Bertz CT molecular complexity index is 205. The summed E-state index contributed by atoms with van der Waals surface area (Å²) in [7, 11) is 0. The van der Waals surface area contributed by atoms with E-state index in [1.807, 2.05) is 6.08 Å². The Labute approximate surface area is 101 Å². The van der Waals surface area contributed by atoms with Crippen molar-refractivity contribution in [3.63, 3.8) is 0 Å². The van der Waals surface area contributed by atoms with E-state index in [0.29, 0.717) is 6.10 Å². The predicted octanol–water partition coefficient (Wildman–Crippen LogP) is 3.38. The van der Waals surface area contributed by atoms with Crippen molar-refractivity contribution in [2.75, 3.05) is 13.2 Å². The molecule has 1 atom stereocenters. The van der Waals surface area contributed by atoms with Gasteiger partial charge in [0.05, 0.1) is 6.10 Å². The molecule has 0 aromatic heterocycles. The van der Waals surface area contributed by atoms with E-state index in [-0.39, 0.29) is 11.0 Å². The first-order valence-electron chi connectivity index (χ1n) is 6.19. The van der Waals surface area contributed by atoms with Crippen LogP contribution in [-0.2, 0) is 4.74 Å². The second kappa shape index (κ2) is 6.41. The van der Waals surface area contributed by atoms with Crippen LogP contribution in [0.1, 0.15) is 48.0 Å². The molecule has 1 N–H and O–H groups in total. The lowest BCUT2D eigenvalue weighted by Crippen LogP contribution is -2.42. The van der Waals surface area contributed by atoms with Gasteiger partial charge in [0.25, 0.3) is 0 Å². The van der Waals surface area contributed by atoms with Crippen LogP contribution in [0, 0.1) is 5.41 Å². The van der Waals surface area contributed by atoms with Gasteiger partial charge in [-0.1, -0.05) is 13.0 Å². The molecule has 0 aliphatic rings. The molecular weight excluding hydrogens is 198 g/mol. The van der Waals surface area contributed by atoms with Crippen LogP contribution in [0.25, 0.3) is 0 Å². The third-order valence-corrected chi connectivity index (χ3v) is 2.64. The van der Waals surface area contributed by atoms with E-state index in [9.17, 15) is 0 Å². The first-order chi connectivity index (χ1) is 7.18. The molecular formula is C14H29NO. The fourth-order valence-corrected chi connectivity index (χ4v) is 1.26. The summed E-state index contributed by atoms with van der Waals surface area (Å²) in [5.74, 6) is 0. The third kappa shape index (κ3) is 7.89. The Morgan fingerprint density at radius 1 is 1.25 bits per heavy atom. The molecule has 0 amide bonds. The van der Waals surface area contributed by atoms with Gasteiger partial charge in [-0.3, -0.25) is 0 Å². The summed E-state index contributed by atoms with van der Waals surface area (Å²) < 4.78 is 5.60. The number of nitrogens with one attached hydrogen (secondary N) is 1. The number of hydrogen-bond donors (Lipinski definition) is 1. The Morgan fingerprint density at radius 3 is 2.19 bits per heavy atom. The molecule has 0 saturated heterocycles. The van der Waals surface area contributed by atoms with Crippen LogP contribution >= 0.6 is 0 Å². The molecule has 0 radical (unpaired) electrons. The predicted molar refractivity (Wildman–Crippen MR) is 71.8 cm³/mol. The van der Waals surface area contributed by atoms with Crippen LogP contribution < -0.4 is 5.32 Å². The molecule has 0 aromatic rings. The minimum Gasteiger partial charge on any atom is -0.379 e. The molecule has 96 valence electrons. The largest absolute Gasteiger partial charge is 0.379 e. The normalized spacial score (nSPS) is 16.2. The van der Waals surface area contributed by atoms with E-state index in [2.05, 4.69) is 53.4 Å². The Balaban J connectivity index is 4.05. The zero-order chi connectivity index (χ0) is 12.8. The molecule has 0 rings (SSSR count). The van der Waals surface area contributed by atoms with Gasteiger partial charge in [0.15, 0.2) is 0 Å². The van der Waals surface area contributed by atoms with Crippen LogP contribution in [0.5, 0.6) is 0 Å². The van der Waals surface area contributed by atoms with E-state index in [4.69, 9.17) is 4.74 Å². The van der Waals surface area contributed by atoms with Gasteiger partial charge in [-0.25, -0.2) is 0 Å². The van der Waals surface area contributed by atoms with E-state index in [1.54, 1.807) is 0 Å². The van der Waals surface area contributed by atoms with Gasteiger partial charge < -0.3 is 10.1 Å². The molecule has 16 heavy (non-hydrogen) atoms. The SMILES string of the molecule is C=CC(C)(CCOC(C)C)CNC(C)(C)C. The zero-order valence-electron chi connectivity index (χ0n) is 11.9. The summed E-state index contributed by atoms with van der Waals surface area (Å²) in [5, 5.41) is 3.52. The lowest BCUT2D eigenvalue weighted by Gasteiger charge is -2.31. The van der Waals surface area contributed by atoms with Gasteiger partial charge in [0.1, 0.15) is 0 Å². The maximum absolute atomic E-state index is 5.60. The summed E-state index contributed by atoms with van der Waals surface area (Å²) >= 11 is 0. The highest BCUT2D eigenvalue weighted by Crippen LogP contribution is 2.23. The first kappa shape index (κ1) is 15.7. The fourth-order valence-electron chi connectivity index (χ4n) is 1.26. The van der Waals surface area contributed by atoms with Gasteiger partial charge in [-0.05, 0) is 46.5 Å². The fraction of sp³-hybridized carbons (Fsp3) is 0.857. The molecule has 0 aliphatic carbocycles. The zero-order valence-corrected chi connectivity index (χ0v) is 11.9. The Kier molecular flexibility index (Phi) is 6.27. The van der Waals surface area contributed by atoms with E-state index >= 15 is 0 Å². The lowest BCUT2D eigenvalue weighted by atomic mass is 9.86. The first-order valence-corrected chi connectivity index (χ1v) is 6.19. The molecule has 0 spiro atoms. The molecule has 0 saturated carbocycles. The molecule has 0 heterocycles. The van der Waals surface area contributed by atoms with Gasteiger partial charge in [-0.2, -0.15) is 0 Å². The number of ether oxygens (including phenoxy) is 1. The second-order valence-electron chi connectivity index (χ2n) is 6.13. The Hall–Kier alpha value is -0.340. The second-order valence-corrected chi connectivity index (χ2v) is 6.13. The van der Waals surface area contributed by atoms with Crippen LogP contribution in [-0.4, -0.2) is 24.8 Å². The lowest BCUT2D eigenvalue weighted by molar-refractivity contribution is 0.0608. The average Bonchev–Trinajstić information content (AvgIpc) is 2.13. The molecule has 0 aliphatic heterocycles. The standard InChI is InChI=1S/C14H29NO/c1-8-14(7,9-10-16-12(2)3)11-15-13(4,5)6/h8,12,15H,1,9-11H2,2-7H3. The van der Waals surface area contributed by atoms with Crippen molar-refractivity contribution in [2.24, 2.45) is 5.41 Å². The van der Waals surface area contributed by atoms with Crippen molar-refractivity contribution >= 4 is 0 Å². The maximum Gasteiger partial charge on any atom is 0.0518 e. The number of rotatable bonds is 7. The summed E-state index contributed by atoms with van der Waals surface area (Å²) in [6.07, 6.45) is 3.36. The smallest absolute Gasteiger partial charge is 0.0518 e. The molecule has 0 aromatic carbocycles. The number of hydrogen-bond acceptors (Lipinski definition) is 2. The third-order valence-electron chi connectivity index (χ3n) is 2.64. The van der Waals surface area contributed by atoms with Crippen LogP contribution in [0.3, 0.4) is 0 Å². The van der Waals surface area contributed by atoms with Crippen molar-refractivity contribution in [1.29, 1.82) is 0 Å². The van der Waals surface area contributed by atoms with Crippen molar-refractivity contribution in [3.8, 4) is 0 Å². The van der Waals surface area contributed by atoms with Gasteiger partial charge in [-0.15, -0.1) is 6.58 Å². The maximum atomic E-state index is 5.60. The van der Waals surface area contributed by atoms with Crippen LogP contribution in [0.2, 0.25) is 0 Å². The van der Waals surface area contributed by atoms with Gasteiger partial charge in [0.2, 0.25) is 0 Å². The monoisotopic (exact) mass is 227 g/mol. The highest BCUT2D eigenvalue weighted by atomic mass is 16.5. The van der Waals surface area contributed by atoms with E-state index in [0.717, 1.165) is 19.6 Å². The van der Waals surface area contributed by atoms with Crippen LogP contribution in [0.4, 0.5) is 0 Å². The quantitative estimate of drug-likeness (QED) is 0.673. The van der Waals surface area contributed by atoms with Gasteiger partial charge in [0, 0.05) is 18.7 Å². The topological polar surface area (TPSA) is 21.3 Å². The van der Waals surface area contributed by atoms with Gasteiger partial charge >= 0.3 is 0 Å². The highest BCUT2D eigenvalue weighted by Gasteiger charge is 2.22. The van der Waals surface area contributed by atoms with E-state index in [1.165, 1.54) is 0 Å². The van der Waals surface area contributed by atoms with E-state index < -0.39 is 0 Å². The minimum atomic E-state index is 0.113.